The number of hydrogen-bond donors (Lipinski definition) is 1. The van der Waals surface area contributed by atoms with E-state index in [1.54, 1.807) is 0 Å². The zero-order valence-corrected chi connectivity index (χ0v) is 11.9. The Labute approximate surface area is 123 Å². The fraction of sp³-hybridized carbons (Fsp3) is 0.188. The van der Waals surface area contributed by atoms with Gasteiger partial charge in [0.2, 0.25) is 0 Å². The molecule has 5 nitrogen and oxygen atoms in total. The molecule has 21 heavy (non-hydrogen) atoms. The van der Waals surface area contributed by atoms with Crippen molar-refractivity contribution in [2.24, 2.45) is 0 Å². The van der Waals surface area contributed by atoms with Gasteiger partial charge < -0.3 is 14.8 Å². The average Bonchev–Trinajstić information content (AvgIpc) is 2.52. The van der Waals surface area contributed by atoms with Crippen molar-refractivity contribution in [2.75, 3.05) is 19.1 Å². The molecule has 0 unspecified atom stereocenters. The Morgan fingerprint density at radius 2 is 1.95 bits per heavy atom. The number of amides is 1. The van der Waals surface area contributed by atoms with Crippen molar-refractivity contribution in [1.82, 2.24) is 5.32 Å². The summed E-state index contributed by atoms with van der Waals surface area (Å²) in [6.45, 7) is 0.653. The number of hydrogen-bond acceptors (Lipinski definition) is 4. The Hall–Kier alpha value is -2.53. The van der Waals surface area contributed by atoms with Crippen LogP contribution < -0.4 is 15.0 Å². The summed E-state index contributed by atoms with van der Waals surface area (Å²) in [6, 6.07) is 13.1. The summed E-state index contributed by atoms with van der Waals surface area (Å²) in [5.74, 6) is 1.31. The molecule has 0 bridgehead atoms. The third-order valence-electron chi connectivity index (χ3n) is 3.36. The van der Waals surface area contributed by atoms with E-state index in [9.17, 15) is 4.79 Å². The summed E-state index contributed by atoms with van der Waals surface area (Å²) < 4.78 is 10.9. The fourth-order valence-corrected chi connectivity index (χ4v) is 2.45. The molecule has 2 aromatic rings. The first-order valence-electron chi connectivity index (χ1n) is 6.67. The number of para-hydroxylation sites is 3. The Morgan fingerprint density at radius 1 is 1.19 bits per heavy atom. The van der Waals surface area contributed by atoms with Gasteiger partial charge in [-0.15, -0.1) is 0 Å². The van der Waals surface area contributed by atoms with Gasteiger partial charge in [0, 0.05) is 12.1 Å². The molecule has 0 aliphatic carbocycles. The number of nitrogens with zero attached hydrogens (tertiary/aromatic N) is 1. The van der Waals surface area contributed by atoms with Crippen molar-refractivity contribution in [3.63, 3.8) is 0 Å². The molecule has 0 spiro atoms. The summed E-state index contributed by atoms with van der Waals surface area (Å²) in [7, 11) is 3.24. The average molecular weight is 284 g/mol. The van der Waals surface area contributed by atoms with Crippen molar-refractivity contribution in [1.29, 1.82) is 0 Å². The number of nitrogens with one attached hydrogen (secondary N) is 1. The molecule has 2 aromatic carbocycles. The van der Waals surface area contributed by atoms with Crippen molar-refractivity contribution >= 4 is 17.5 Å². The van der Waals surface area contributed by atoms with Gasteiger partial charge >= 0.3 is 6.09 Å². The summed E-state index contributed by atoms with van der Waals surface area (Å²) in [6.07, 6.45) is -0.436. The van der Waals surface area contributed by atoms with E-state index in [-0.39, 0.29) is 0 Å². The molecule has 0 saturated heterocycles. The van der Waals surface area contributed by atoms with E-state index in [0.29, 0.717) is 29.4 Å². The normalized spacial score (nSPS) is 12.2. The molecular weight excluding hydrogens is 268 g/mol. The van der Waals surface area contributed by atoms with Crippen molar-refractivity contribution in [2.45, 2.75) is 6.54 Å². The van der Waals surface area contributed by atoms with Crippen LogP contribution in [0, 0.1) is 0 Å². The quantitative estimate of drug-likeness (QED) is 0.918. The lowest BCUT2D eigenvalue weighted by Crippen LogP contribution is -2.29. The van der Waals surface area contributed by atoms with Crippen LogP contribution in [0.3, 0.4) is 0 Å². The Morgan fingerprint density at radius 3 is 2.71 bits per heavy atom. The van der Waals surface area contributed by atoms with E-state index in [4.69, 9.17) is 9.47 Å². The van der Waals surface area contributed by atoms with Gasteiger partial charge in [0.05, 0.1) is 18.5 Å². The van der Waals surface area contributed by atoms with Crippen LogP contribution in [0.1, 0.15) is 5.56 Å². The highest BCUT2D eigenvalue weighted by molar-refractivity contribution is 6.01. The number of benzene rings is 2. The second-order valence-corrected chi connectivity index (χ2v) is 4.67. The van der Waals surface area contributed by atoms with Gasteiger partial charge in [-0.1, -0.05) is 24.3 Å². The summed E-state index contributed by atoms with van der Waals surface area (Å²) >= 11 is 0. The molecule has 108 valence electrons. The van der Waals surface area contributed by atoms with Gasteiger partial charge in [0.1, 0.15) is 0 Å². The SMILES string of the molecule is CNCc1cccc2c1Oc1ccccc1N2C(=O)OC. The van der Waals surface area contributed by atoms with Crippen LogP contribution >= 0.6 is 0 Å². The van der Waals surface area contributed by atoms with E-state index in [0.717, 1.165) is 5.56 Å². The minimum absolute atomic E-state index is 0.436. The zero-order valence-electron chi connectivity index (χ0n) is 11.9. The second kappa shape index (κ2) is 5.46. The highest BCUT2D eigenvalue weighted by Crippen LogP contribution is 2.48. The number of rotatable bonds is 2. The first-order chi connectivity index (χ1) is 10.3. The van der Waals surface area contributed by atoms with E-state index >= 15 is 0 Å². The van der Waals surface area contributed by atoms with Gasteiger partial charge in [-0.05, 0) is 25.2 Å². The number of ether oxygens (including phenoxy) is 2. The molecule has 1 amide bonds. The monoisotopic (exact) mass is 284 g/mol. The van der Waals surface area contributed by atoms with Gasteiger partial charge in [0.15, 0.2) is 11.5 Å². The van der Waals surface area contributed by atoms with E-state index in [1.165, 1.54) is 12.0 Å². The molecule has 0 radical (unpaired) electrons. The van der Waals surface area contributed by atoms with Crippen molar-refractivity contribution in [3.8, 4) is 11.5 Å². The number of carbonyl (C=O) groups excluding carboxylic acids is 1. The Balaban J connectivity index is 2.18. The van der Waals surface area contributed by atoms with Gasteiger partial charge in [-0.25, -0.2) is 9.69 Å². The maximum Gasteiger partial charge on any atom is 0.418 e. The molecule has 0 aromatic heterocycles. The third-order valence-corrected chi connectivity index (χ3v) is 3.36. The number of carbonyl (C=O) groups is 1. The molecule has 5 heteroatoms. The lowest BCUT2D eigenvalue weighted by molar-refractivity contribution is 0.181. The van der Waals surface area contributed by atoms with Crippen LogP contribution in [0.15, 0.2) is 42.5 Å². The highest BCUT2D eigenvalue weighted by Gasteiger charge is 2.30. The molecular formula is C16H16N2O3. The smallest absolute Gasteiger partial charge is 0.418 e. The Kier molecular flexibility index (Phi) is 3.50. The van der Waals surface area contributed by atoms with Crippen molar-refractivity contribution < 1.29 is 14.3 Å². The van der Waals surface area contributed by atoms with Crippen LogP contribution in [0.5, 0.6) is 11.5 Å². The Bertz CT molecular complexity index is 685. The largest absolute Gasteiger partial charge is 0.453 e. The first-order valence-corrected chi connectivity index (χ1v) is 6.67. The molecule has 1 aliphatic heterocycles. The molecule has 3 rings (SSSR count). The lowest BCUT2D eigenvalue weighted by Gasteiger charge is -2.31. The van der Waals surface area contributed by atoms with Crippen LogP contribution in [0.2, 0.25) is 0 Å². The summed E-state index contributed by atoms with van der Waals surface area (Å²) in [5, 5.41) is 3.10. The van der Waals surface area contributed by atoms with E-state index in [2.05, 4.69) is 5.32 Å². The predicted octanol–water partition coefficient (Wildman–Crippen LogP) is 3.42. The molecule has 0 atom stereocenters. The minimum atomic E-state index is -0.436. The van der Waals surface area contributed by atoms with Crippen LogP contribution in [-0.2, 0) is 11.3 Å². The highest BCUT2D eigenvalue weighted by atomic mass is 16.5. The molecule has 0 saturated carbocycles. The predicted molar refractivity (Wildman–Crippen MR) is 80.3 cm³/mol. The lowest BCUT2D eigenvalue weighted by atomic mass is 10.1. The van der Waals surface area contributed by atoms with Crippen LogP contribution in [-0.4, -0.2) is 20.3 Å². The van der Waals surface area contributed by atoms with E-state index in [1.807, 2.05) is 49.5 Å². The summed E-state index contributed by atoms with van der Waals surface area (Å²) in [4.78, 5) is 13.7. The minimum Gasteiger partial charge on any atom is -0.453 e. The fourth-order valence-electron chi connectivity index (χ4n) is 2.45. The molecule has 0 fully saturated rings. The first kappa shape index (κ1) is 13.5. The molecule has 1 N–H and O–H groups in total. The zero-order chi connectivity index (χ0) is 14.8. The molecule has 1 aliphatic rings. The maximum atomic E-state index is 12.2. The maximum absolute atomic E-state index is 12.2. The van der Waals surface area contributed by atoms with Gasteiger partial charge in [-0.3, -0.25) is 0 Å². The van der Waals surface area contributed by atoms with Gasteiger partial charge in [0.25, 0.3) is 0 Å². The van der Waals surface area contributed by atoms with Crippen LogP contribution in [0.4, 0.5) is 16.2 Å². The van der Waals surface area contributed by atoms with E-state index < -0.39 is 6.09 Å². The topological polar surface area (TPSA) is 50.8 Å². The standard InChI is InChI=1S/C16H16N2O3/c1-17-10-11-6-5-8-13-15(11)21-14-9-4-3-7-12(14)18(13)16(19)20-2/h3-9,17H,10H2,1-2H3. The number of methoxy groups -OCH3 is 1. The van der Waals surface area contributed by atoms with Crippen molar-refractivity contribution in [3.05, 3.63) is 48.0 Å². The second-order valence-electron chi connectivity index (χ2n) is 4.67. The number of anilines is 2. The summed E-state index contributed by atoms with van der Waals surface area (Å²) in [5.41, 5.74) is 2.35. The third kappa shape index (κ3) is 2.21. The molecule has 1 heterocycles. The number of fused-ring (bicyclic) bond motifs is 2. The van der Waals surface area contributed by atoms with Gasteiger partial charge in [-0.2, -0.15) is 0 Å². The van der Waals surface area contributed by atoms with Crippen LogP contribution in [0.25, 0.3) is 0 Å².